The second kappa shape index (κ2) is 8.57. The fraction of sp³-hybridized carbons (Fsp3) is 0.391. The molecule has 168 valence electrons. The molecule has 0 spiro atoms. The first-order chi connectivity index (χ1) is 15.3. The molecule has 0 bridgehead atoms. The van der Waals surface area contributed by atoms with Crippen LogP contribution in [-0.2, 0) is 11.3 Å². The highest BCUT2D eigenvalue weighted by Gasteiger charge is 2.36. The first-order valence-electron chi connectivity index (χ1n) is 10.7. The van der Waals surface area contributed by atoms with Crippen molar-refractivity contribution in [2.45, 2.75) is 52.6 Å². The lowest BCUT2D eigenvalue weighted by atomic mass is 10.0. The highest BCUT2D eigenvalue weighted by molar-refractivity contribution is 6.05. The molecule has 1 amide bonds. The molecule has 1 fully saturated rings. The Hall–Kier alpha value is -3.49. The van der Waals surface area contributed by atoms with E-state index in [1.54, 1.807) is 17.0 Å². The zero-order valence-corrected chi connectivity index (χ0v) is 18.5. The normalized spacial score (nSPS) is 16.0. The summed E-state index contributed by atoms with van der Waals surface area (Å²) in [4.78, 5) is 27.9. The topological polar surface area (TPSA) is 99.0 Å². The lowest BCUT2D eigenvalue weighted by molar-refractivity contribution is -0.131. The molecule has 0 aliphatic carbocycles. The minimum absolute atomic E-state index is 0.0736. The van der Waals surface area contributed by atoms with E-state index in [2.05, 4.69) is 10.2 Å². The number of nitrogen functional groups attached to an aromatic ring is 1. The van der Waals surface area contributed by atoms with Gasteiger partial charge >= 0.3 is 0 Å². The number of halogens is 1. The number of amides is 1. The second-order valence-corrected chi connectivity index (χ2v) is 8.21. The minimum Gasteiger partial charge on any atom is -0.383 e. The van der Waals surface area contributed by atoms with Gasteiger partial charge in [-0.25, -0.2) is 9.07 Å². The molecule has 3 aromatic rings. The van der Waals surface area contributed by atoms with E-state index in [1.807, 2.05) is 25.5 Å². The van der Waals surface area contributed by atoms with Crippen LogP contribution in [0.1, 0.15) is 46.6 Å². The highest BCUT2D eigenvalue weighted by Crippen LogP contribution is 2.26. The van der Waals surface area contributed by atoms with Gasteiger partial charge in [0.05, 0.1) is 29.2 Å². The van der Waals surface area contributed by atoms with Crippen LogP contribution >= 0.6 is 0 Å². The van der Waals surface area contributed by atoms with E-state index in [4.69, 9.17) is 5.73 Å². The van der Waals surface area contributed by atoms with Crippen molar-refractivity contribution in [2.24, 2.45) is 0 Å². The summed E-state index contributed by atoms with van der Waals surface area (Å²) in [5.41, 5.74) is 10.2. The number of anilines is 1. The number of carbonyl (C=O) groups is 2. The zero-order valence-electron chi connectivity index (χ0n) is 18.5. The predicted molar refractivity (Wildman–Crippen MR) is 118 cm³/mol. The van der Waals surface area contributed by atoms with Crippen molar-refractivity contribution >= 4 is 17.5 Å². The smallest absolute Gasteiger partial charge is 0.225 e. The van der Waals surface area contributed by atoms with Crippen LogP contribution in [0.3, 0.4) is 0 Å². The third kappa shape index (κ3) is 3.90. The number of likely N-dealkylation sites (tertiary alicyclic amines) is 1. The fourth-order valence-corrected chi connectivity index (χ4v) is 4.20. The molecule has 2 aromatic heterocycles. The molecule has 1 unspecified atom stereocenters. The van der Waals surface area contributed by atoms with Gasteiger partial charge in [-0.1, -0.05) is 0 Å². The van der Waals surface area contributed by atoms with Crippen molar-refractivity contribution in [2.75, 3.05) is 12.3 Å². The highest BCUT2D eigenvalue weighted by atomic mass is 19.1. The Morgan fingerprint density at radius 1 is 1.19 bits per heavy atom. The molecular weight excluding hydrogens is 411 g/mol. The zero-order chi connectivity index (χ0) is 23.0. The molecule has 8 nitrogen and oxygen atoms in total. The van der Waals surface area contributed by atoms with Crippen molar-refractivity contribution in [1.29, 1.82) is 0 Å². The first kappa shape index (κ1) is 21.7. The van der Waals surface area contributed by atoms with Crippen LogP contribution in [0.25, 0.3) is 5.69 Å². The van der Waals surface area contributed by atoms with E-state index in [9.17, 15) is 14.0 Å². The van der Waals surface area contributed by atoms with E-state index >= 15 is 0 Å². The van der Waals surface area contributed by atoms with Crippen LogP contribution in [0.5, 0.6) is 0 Å². The number of Topliss-reactive ketones (excluding diaryl/α,β-unsaturated/α-hetero) is 1. The maximum atomic E-state index is 13.3. The lowest BCUT2D eigenvalue weighted by Gasteiger charge is -2.23. The van der Waals surface area contributed by atoms with Gasteiger partial charge in [-0.15, -0.1) is 0 Å². The molecule has 1 aliphatic heterocycles. The average Bonchev–Trinajstić information content (AvgIpc) is 3.47. The van der Waals surface area contributed by atoms with Gasteiger partial charge in [0, 0.05) is 25.2 Å². The summed E-state index contributed by atoms with van der Waals surface area (Å²) < 4.78 is 16.5. The molecule has 3 heterocycles. The summed E-state index contributed by atoms with van der Waals surface area (Å²) in [5, 5.41) is 8.69. The van der Waals surface area contributed by atoms with Gasteiger partial charge in [-0.05, 0) is 63.4 Å². The van der Waals surface area contributed by atoms with Gasteiger partial charge in [0.25, 0.3) is 0 Å². The standard InChI is InChI=1S/C23H27FN6O2/c1-14-15(2)27-29(16(14)3)12-10-21(31)28-11-4-5-20(28)22(32)19-13-26-30(23(19)25)18-8-6-17(24)7-9-18/h6-9,13,20H,4-5,10-12,25H2,1-3H3. The molecular formula is C23H27FN6O2. The van der Waals surface area contributed by atoms with Crippen molar-refractivity contribution in [3.8, 4) is 5.69 Å². The number of benzene rings is 1. The van der Waals surface area contributed by atoms with Gasteiger partial charge in [0.2, 0.25) is 5.91 Å². The summed E-state index contributed by atoms with van der Waals surface area (Å²) in [6.07, 6.45) is 3.04. The molecule has 9 heteroatoms. The number of aromatic nitrogens is 4. The van der Waals surface area contributed by atoms with Crippen LogP contribution in [-0.4, -0.2) is 48.7 Å². The van der Waals surface area contributed by atoms with Crippen molar-refractivity contribution in [3.63, 3.8) is 0 Å². The molecule has 1 saturated heterocycles. The maximum absolute atomic E-state index is 13.3. The van der Waals surface area contributed by atoms with Gasteiger partial charge < -0.3 is 10.6 Å². The Kier molecular flexibility index (Phi) is 5.82. The minimum atomic E-state index is -0.558. The molecule has 2 N–H and O–H groups in total. The van der Waals surface area contributed by atoms with Crippen LogP contribution in [0.2, 0.25) is 0 Å². The molecule has 0 radical (unpaired) electrons. The lowest BCUT2D eigenvalue weighted by Crippen LogP contribution is -2.41. The van der Waals surface area contributed by atoms with E-state index in [-0.39, 0.29) is 35.3 Å². The maximum Gasteiger partial charge on any atom is 0.225 e. The number of carbonyl (C=O) groups excluding carboxylic acids is 2. The van der Waals surface area contributed by atoms with Crippen LogP contribution < -0.4 is 5.73 Å². The summed E-state index contributed by atoms with van der Waals surface area (Å²) >= 11 is 0. The molecule has 4 rings (SSSR count). The van der Waals surface area contributed by atoms with Gasteiger partial charge in [0.1, 0.15) is 11.6 Å². The Morgan fingerprint density at radius 3 is 2.56 bits per heavy atom. The first-order valence-corrected chi connectivity index (χ1v) is 10.7. The average molecular weight is 439 g/mol. The predicted octanol–water partition coefficient (Wildman–Crippen LogP) is 2.98. The third-order valence-corrected chi connectivity index (χ3v) is 6.30. The van der Waals surface area contributed by atoms with Crippen molar-refractivity contribution in [3.05, 3.63) is 58.8 Å². The molecule has 1 atom stereocenters. The summed E-state index contributed by atoms with van der Waals surface area (Å²) in [7, 11) is 0. The largest absolute Gasteiger partial charge is 0.383 e. The SMILES string of the molecule is Cc1nn(CCC(=O)N2CCCC2C(=O)c2cnn(-c3ccc(F)cc3)c2N)c(C)c1C. The van der Waals surface area contributed by atoms with E-state index in [0.29, 0.717) is 25.2 Å². The third-order valence-electron chi connectivity index (χ3n) is 6.30. The van der Waals surface area contributed by atoms with Gasteiger partial charge in [-0.2, -0.15) is 10.2 Å². The van der Waals surface area contributed by atoms with E-state index in [0.717, 1.165) is 23.4 Å². The van der Waals surface area contributed by atoms with Crippen molar-refractivity contribution in [1.82, 2.24) is 24.5 Å². The second-order valence-electron chi connectivity index (χ2n) is 8.21. The number of aryl methyl sites for hydroxylation is 2. The number of nitrogens with zero attached hydrogens (tertiary/aromatic N) is 5. The summed E-state index contributed by atoms with van der Waals surface area (Å²) in [6.45, 7) is 6.97. The molecule has 32 heavy (non-hydrogen) atoms. The summed E-state index contributed by atoms with van der Waals surface area (Å²) in [6, 6.07) is 5.13. The van der Waals surface area contributed by atoms with Crippen LogP contribution in [0, 0.1) is 26.6 Å². The van der Waals surface area contributed by atoms with Crippen LogP contribution in [0.4, 0.5) is 10.2 Å². The number of nitrogens with two attached hydrogens (primary N) is 1. The number of hydrogen-bond donors (Lipinski definition) is 1. The van der Waals surface area contributed by atoms with Gasteiger partial charge in [-0.3, -0.25) is 14.3 Å². The van der Waals surface area contributed by atoms with E-state index in [1.165, 1.54) is 23.0 Å². The Balaban J connectivity index is 1.48. The Morgan fingerprint density at radius 2 is 1.91 bits per heavy atom. The quantitative estimate of drug-likeness (QED) is 0.597. The number of rotatable bonds is 6. The number of hydrogen-bond acceptors (Lipinski definition) is 5. The Labute approximate surface area is 185 Å². The fourth-order valence-electron chi connectivity index (χ4n) is 4.20. The number of ketones is 1. The Bertz CT molecular complexity index is 1160. The molecule has 0 saturated carbocycles. The van der Waals surface area contributed by atoms with Crippen LogP contribution in [0.15, 0.2) is 30.5 Å². The monoisotopic (exact) mass is 438 g/mol. The molecule has 1 aliphatic rings. The molecule has 1 aromatic carbocycles. The van der Waals surface area contributed by atoms with Gasteiger partial charge in [0.15, 0.2) is 5.78 Å². The van der Waals surface area contributed by atoms with Crippen molar-refractivity contribution < 1.29 is 14.0 Å². The summed E-state index contributed by atoms with van der Waals surface area (Å²) in [5.74, 6) is -0.482. The van der Waals surface area contributed by atoms with E-state index < -0.39 is 6.04 Å².